The first-order chi connectivity index (χ1) is 10.3. The van der Waals surface area contributed by atoms with Crippen LogP contribution in [0.4, 0.5) is 0 Å². The molecule has 0 aromatic carbocycles. The van der Waals surface area contributed by atoms with E-state index >= 15 is 0 Å². The van der Waals surface area contributed by atoms with Crippen LogP contribution in [0.1, 0.15) is 77.6 Å². The van der Waals surface area contributed by atoms with Gasteiger partial charge in [0.05, 0.1) is 0 Å². The zero-order valence-corrected chi connectivity index (χ0v) is 14.2. The van der Waals surface area contributed by atoms with Gasteiger partial charge in [-0.05, 0) is 69.5 Å². The van der Waals surface area contributed by atoms with Gasteiger partial charge < -0.3 is 10.2 Å². The minimum absolute atomic E-state index is 0.757. The van der Waals surface area contributed by atoms with E-state index in [1.807, 2.05) is 0 Å². The minimum Gasteiger partial charge on any atom is -0.313 e. The Hall–Kier alpha value is -0.0800. The molecule has 3 rings (SSSR count). The molecular weight excluding hydrogens is 256 g/mol. The van der Waals surface area contributed by atoms with Crippen molar-refractivity contribution in [1.82, 2.24) is 10.2 Å². The minimum atomic E-state index is 0.757. The Bertz CT molecular complexity index is 293. The fourth-order valence-electron chi connectivity index (χ4n) is 5.29. The van der Waals surface area contributed by atoms with Gasteiger partial charge in [0.15, 0.2) is 0 Å². The van der Waals surface area contributed by atoms with Crippen LogP contribution in [0.3, 0.4) is 0 Å². The van der Waals surface area contributed by atoms with Crippen molar-refractivity contribution in [2.45, 2.75) is 83.6 Å². The maximum Gasteiger partial charge on any atom is 0.0223 e. The molecule has 2 nitrogen and oxygen atoms in total. The van der Waals surface area contributed by atoms with E-state index in [0.717, 1.165) is 23.9 Å². The van der Waals surface area contributed by atoms with E-state index in [9.17, 15) is 0 Å². The molecule has 0 aromatic heterocycles. The highest BCUT2D eigenvalue weighted by atomic mass is 15.2. The van der Waals surface area contributed by atoms with Crippen LogP contribution in [0.5, 0.6) is 0 Å². The van der Waals surface area contributed by atoms with Gasteiger partial charge in [-0.1, -0.05) is 39.0 Å². The van der Waals surface area contributed by atoms with Crippen molar-refractivity contribution in [3.05, 3.63) is 0 Å². The summed E-state index contributed by atoms with van der Waals surface area (Å²) < 4.78 is 0. The smallest absolute Gasteiger partial charge is 0.0223 e. The molecule has 2 saturated carbocycles. The van der Waals surface area contributed by atoms with E-state index in [-0.39, 0.29) is 0 Å². The van der Waals surface area contributed by atoms with E-state index in [2.05, 4.69) is 17.1 Å². The van der Waals surface area contributed by atoms with E-state index < -0.39 is 0 Å². The molecule has 0 aromatic rings. The standard InChI is InChI=1S/C19H36N2/c1-2-20-18(17-8-4-3-5-9-17)16-21-14-12-19(13-15-21)10-6-7-11-19/h17-18,20H,2-16H2,1H3. The van der Waals surface area contributed by atoms with Crippen LogP contribution in [-0.2, 0) is 0 Å². The second kappa shape index (κ2) is 7.46. The van der Waals surface area contributed by atoms with Crippen LogP contribution in [0.25, 0.3) is 0 Å². The van der Waals surface area contributed by atoms with Crippen molar-refractivity contribution in [2.75, 3.05) is 26.2 Å². The third kappa shape index (κ3) is 4.01. The van der Waals surface area contributed by atoms with E-state index in [0.29, 0.717) is 0 Å². The summed E-state index contributed by atoms with van der Waals surface area (Å²) in [6, 6.07) is 0.757. The predicted molar refractivity (Wildman–Crippen MR) is 90.6 cm³/mol. The van der Waals surface area contributed by atoms with Crippen molar-refractivity contribution in [1.29, 1.82) is 0 Å². The van der Waals surface area contributed by atoms with Crippen LogP contribution in [-0.4, -0.2) is 37.1 Å². The topological polar surface area (TPSA) is 15.3 Å². The van der Waals surface area contributed by atoms with Gasteiger partial charge in [0.1, 0.15) is 0 Å². The molecule has 1 N–H and O–H groups in total. The molecule has 2 heteroatoms. The van der Waals surface area contributed by atoms with E-state index in [1.54, 1.807) is 0 Å². The Morgan fingerprint density at radius 1 is 0.952 bits per heavy atom. The van der Waals surface area contributed by atoms with Crippen LogP contribution in [0.2, 0.25) is 0 Å². The maximum absolute atomic E-state index is 3.82. The molecule has 0 bridgehead atoms. The fraction of sp³-hybridized carbons (Fsp3) is 1.00. The van der Waals surface area contributed by atoms with Crippen molar-refractivity contribution < 1.29 is 0 Å². The van der Waals surface area contributed by atoms with Gasteiger partial charge in [0.2, 0.25) is 0 Å². The van der Waals surface area contributed by atoms with Crippen molar-refractivity contribution >= 4 is 0 Å². The molecule has 1 aliphatic heterocycles. The second-order valence-electron chi connectivity index (χ2n) is 8.07. The molecular formula is C19H36N2. The first kappa shape index (κ1) is 15.8. The van der Waals surface area contributed by atoms with Crippen molar-refractivity contribution in [2.24, 2.45) is 11.3 Å². The molecule has 21 heavy (non-hydrogen) atoms. The zero-order chi connectivity index (χ0) is 14.5. The number of piperidine rings is 1. The lowest BCUT2D eigenvalue weighted by Crippen LogP contribution is -2.49. The molecule has 1 atom stereocenters. The molecule has 1 spiro atoms. The summed E-state index contributed by atoms with van der Waals surface area (Å²) in [5, 5.41) is 3.82. The lowest BCUT2D eigenvalue weighted by atomic mass is 9.76. The predicted octanol–water partition coefficient (Wildman–Crippen LogP) is 4.20. The van der Waals surface area contributed by atoms with Crippen molar-refractivity contribution in [3.8, 4) is 0 Å². The van der Waals surface area contributed by atoms with Crippen LogP contribution in [0.15, 0.2) is 0 Å². The summed E-state index contributed by atoms with van der Waals surface area (Å²) in [6.07, 6.45) is 16.4. The molecule has 122 valence electrons. The Labute approximate surface area is 132 Å². The summed E-state index contributed by atoms with van der Waals surface area (Å²) in [7, 11) is 0. The first-order valence-electron chi connectivity index (χ1n) is 9.77. The molecule has 3 aliphatic rings. The second-order valence-corrected chi connectivity index (χ2v) is 8.07. The number of nitrogens with one attached hydrogen (secondary N) is 1. The zero-order valence-electron chi connectivity index (χ0n) is 14.2. The number of hydrogen-bond donors (Lipinski definition) is 1. The Morgan fingerprint density at radius 2 is 1.62 bits per heavy atom. The quantitative estimate of drug-likeness (QED) is 0.817. The Kier molecular flexibility index (Phi) is 5.61. The average molecular weight is 293 g/mol. The monoisotopic (exact) mass is 292 g/mol. The van der Waals surface area contributed by atoms with E-state index in [4.69, 9.17) is 0 Å². The maximum atomic E-state index is 3.82. The summed E-state index contributed by atoms with van der Waals surface area (Å²) in [4.78, 5) is 2.78. The molecule has 0 amide bonds. The lowest BCUT2D eigenvalue weighted by molar-refractivity contribution is 0.0892. The van der Waals surface area contributed by atoms with Gasteiger partial charge in [-0.25, -0.2) is 0 Å². The number of likely N-dealkylation sites (tertiary alicyclic amines) is 1. The normalized spacial score (nSPS) is 29.0. The SMILES string of the molecule is CCNC(CN1CCC2(CCCC2)CC1)C1CCCCC1. The molecule has 1 unspecified atom stereocenters. The molecule has 3 fully saturated rings. The number of likely N-dealkylation sites (N-methyl/N-ethyl adjacent to an activating group) is 1. The van der Waals surface area contributed by atoms with Crippen LogP contribution < -0.4 is 5.32 Å². The van der Waals surface area contributed by atoms with Crippen molar-refractivity contribution in [3.63, 3.8) is 0 Å². The number of nitrogens with zero attached hydrogens (tertiary/aromatic N) is 1. The third-order valence-electron chi connectivity index (χ3n) is 6.72. The van der Waals surface area contributed by atoms with Gasteiger partial charge >= 0.3 is 0 Å². The van der Waals surface area contributed by atoms with Gasteiger partial charge in [0, 0.05) is 12.6 Å². The highest BCUT2D eigenvalue weighted by molar-refractivity contribution is 4.91. The Morgan fingerprint density at radius 3 is 2.24 bits per heavy atom. The van der Waals surface area contributed by atoms with Gasteiger partial charge in [-0.3, -0.25) is 0 Å². The summed E-state index contributed by atoms with van der Waals surface area (Å²) in [6.45, 7) is 7.47. The molecule has 1 saturated heterocycles. The van der Waals surface area contributed by atoms with Crippen LogP contribution >= 0.6 is 0 Å². The number of hydrogen-bond acceptors (Lipinski definition) is 2. The van der Waals surface area contributed by atoms with E-state index in [1.165, 1.54) is 90.3 Å². The average Bonchev–Trinajstić information content (AvgIpc) is 2.98. The highest BCUT2D eigenvalue weighted by Gasteiger charge is 2.37. The largest absolute Gasteiger partial charge is 0.313 e. The van der Waals surface area contributed by atoms with Gasteiger partial charge in [-0.2, -0.15) is 0 Å². The van der Waals surface area contributed by atoms with Gasteiger partial charge in [-0.15, -0.1) is 0 Å². The molecule has 2 aliphatic carbocycles. The fourth-order valence-corrected chi connectivity index (χ4v) is 5.29. The first-order valence-corrected chi connectivity index (χ1v) is 9.77. The third-order valence-corrected chi connectivity index (χ3v) is 6.72. The lowest BCUT2D eigenvalue weighted by Gasteiger charge is -2.42. The number of rotatable bonds is 5. The summed E-state index contributed by atoms with van der Waals surface area (Å²) in [5.74, 6) is 0.945. The highest BCUT2D eigenvalue weighted by Crippen LogP contribution is 2.46. The molecule has 1 heterocycles. The van der Waals surface area contributed by atoms with Gasteiger partial charge in [0.25, 0.3) is 0 Å². The van der Waals surface area contributed by atoms with Crippen LogP contribution in [0, 0.1) is 11.3 Å². The molecule has 0 radical (unpaired) electrons. The summed E-state index contributed by atoms with van der Waals surface area (Å²) >= 11 is 0. The summed E-state index contributed by atoms with van der Waals surface area (Å²) in [5.41, 5.74) is 0.773. The Balaban J connectivity index is 1.49.